The molecule has 0 rings (SSSR count). The van der Waals surface area contributed by atoms with E-state index < -0.39 is 11.9 Å². The highest BCUT2D eigenvalue weighted by atomic mass is 16.4. The SMILES string of the molecule is NCCCC(=O)CC(=O)O.NCCC[C@H](N)CC(=O)O. The van der Waals surface area contributed by atoms with E-state index in [1.165, 1.54) is 0 Å². The van der Waals surface area contributed by atoms with Crippen LogP contribution in [0.2, 0.25) is 0 Å². The van der Waals surface area contributed by atoms with Crippen molar-refractivity contribution in [3.63, 3.8) is 0 Å². The molecule has 8 N–H and O–H groups in total. The van der Waals surface area contributed by atoms with Crippen molar-refractivity contribution in [1.29, 1.82) is 0 Å². The smallest absolute Gasteiger partial charge is 0.310 e. The Morgan fingerprint density at radius 2 is 1.50 bits per heavy atom. The molecular weight excluding hydrogens is 266 g/mol. The van der Waals surface area contributed by atoms with Crippen molar-refractivity contribution < 1.29 is 24.6 Å². The van der Waals surface area contributed by atoms with Gasteiger partial charge >= 0.3 is 11.9 Å². The Bertz CT molecular complexity index is 297. The Kier molecular flexibility index (Phi) is 14.5. The van der Waals surface area contributed by atoms with Crippen LogP contribution >= 0.6 is 0 Å². The number of carboxylic acids is 2. The lowest BCUT2D eigenvalue weighted by Crippen LogP contribution is -2.24. The predicted molar refractivity (Wildman–Crippen MR) is 74.1 cm³/mol. The summed E-state index contributed by atoms with van der Waals surface area (Å²) in [6, 6.07) is -0.235. The molecule has 0 spiro atoms. The van der Waals surface area contributed by atoms with Crippen molar-refractivity contribution in [2.45, 2.75) is 44.6 Å². The van der Waals surface area contributed by atoms with Crippen molar-refractivity contribution in [2.24, 2.45) is 17.2 Å². The van der Waals surface area contributed by atoms with Crippen LogP contribution in [0.15, 0.2) is 0 Å². The average molecular weight is 291 g/mol. The normalized spacial score (nSPS) is 11.2. The first kappa shape index (κ1) is 20.8. The third-order valence-electron chi connectivity index (χ3n) is 2.22. The molecule has 1 atom stereocenters. The maximum absolute atomic E-state index is 10.6. The maximum Gasteiger partial charge on any atom is 0.310 e. The van der Waals surface area contributed by atoms with E-state index in [1.807, 2.05) is 0 Å². The molecule has 118 valence electrons. The van der Waals surface area contributed by atoms with Gasteiger partial charge in [-0.25, -0.2) is 0 Å². The van der Waals surface area contributed by atoms with E-state index in [9.17, 15) is 14.4 Å². The van der Waals surface area contributed by atoms with Gasteiger partial charge in [0.05, 0.1) is 6.42 Å². The summed E-state index contributed by atoms with van der Waals surface area (Å²) in [6.45, 7) is 1.01. The number of hydrogen-bond donors (Lipinski definition) is 5. The van der Waals surface area contributed by atoms with Crippen LogP contribution < -0.4 is 17.2 Å². The van der Waals surface area contributed by atoms with Crippen LogP contribution in [0.25, 0.3) is 0 Å². The fraction of sp³-hybridized carbons (Fsp3) is 0.750. The number of rotatable bonds is 10. The minimum atomic E-state index is -1.07. The van der Waals surface area contributed by atoms with Crippen LogP contribution in [0.1, 0.15) is 38.5 Å². The van der Waals surface area contributed by atoms with Crippen LogP contribution in [0.4, 0.5) is 0 Å². The van der Waals surface area contributed by atoms with Crippen LogP contribution in [-0.4, -0.2) is 47.1 Å². The van der Waals surface area contributed by atoms with Gasteiger partial charge in [0.15, 0.2) is 0 Å². The first-order chi connectivity index (χ1) is 9.33. The molecule has 0 heterocycles. The Labute approximate surface area is 118 Å². The van der Waals surface area contributed by atoms with Crippen molar-refractivity contribution in [1.82, 2.24) is 0 Å². The molecule has 8 nitrogen and oxygen atoms in total. The van der Waals surface area contributed by atoms with Gasteiger partial charge in [-0.1, -0.05) is 0 Å². The second kappa shape index (κ2) is 13.9. The molecule has 0 aliphatic heterocycles. The molecule has 0 aromatic carbocycles. The maximum atomic E-state index is 10.6. The molecule has 0 aliphatic rings. The lowest BCUT2D eigenvalue weighted by molar-refractivity contribution is -0.140. The largest absolute Gasteiger partial charge is 0.481 e. The Hall–Kier alpha value is -1.51. The summed E-state index contributed by atoms with van der Waals surface area (Å²) in [4.78, 5) is 30.6. The Morgan fingerprint density at radius 3 is 1.90 bits per heavy atom. The van der Waals surface area contributed by atoms with E-state index in [0.29, 0.717) is 25.9 Å². The standard InChI is InChI=1S/C6H14N2O2.C6H11NO3/c2*7-3-1-2-5(8)4-6(9)10/h5H,1-4,7-8H2,(H,9,10);1-4,7H2,(H,9,10)/t5-;/m0./s1. The van der Waals surface area contributed by atoms with E-state index in [4.69, 9.17) is 27.4 Å². The number of aliphatic carboxylic acids is 2. The highest BCUT2D eigenvalue weighted by Crippen LogP contribution is 1.96. The molecule has 0 saturated heterocycles. The van der Waals surface area contributed by atoms with Gasteiger partial charge in [-0.05, 0) is 32.4 Å². The monoisotopic (exact) mass is 291 g/mol. The van der Waals surface area contributed by atoms with E-state index >= 15 is 0 Å². The summed E-state index contributed by atoms with van der Waals surface area (Å²) < 4.78 is 0. The molecule has 20 heavy (non-hydrogen) atoms. The zero-order valence-electron chi connectivity index (χ0n) is 11.6. The van der Waals surface area contributed by atoms with Crippen LogP contribution in [0.5, 0.6) is 0 Å². The molecular formula is C12H25N3O5. The van der Waals surface area contributed by atoms with Crippen molar-refractivity contribution in [2.75, 3.05) is 13.1 Å². The molecule has 0 aromatic rings. The average Bonchev–Trinajstić information content (AvgIpc) is 2.33. The number of carbonyl (C=O) groups excluding carboxylic acids is 1. The van der Waals surface area contributed by atoms with Crippen LogP contribution in [-0.2, 0) is 14.4 Å². The third-order valence-corrected chi connectivity index (χ3v) is 2.22. The summed E-state index contributed by atoms with van der Waals surface area (Å²) >= 11 is 0. The number of carboxylic acid groups (broad SMARTS) is 2. The molecule has 0 saturated carbocycles. The van der Waals surface area contributed by atoms with Gasteiger partial charge in [0.2, 0.25) is 0 Å². The minimum absolute atomic E-state index is 0.0417. The quantitative estimate of drug-likeness (QED) is 0.329. The summed E-state index contributed by atoms with van der Waals surface area (Å²) in [6.07, 6.45) is 2.02. The van der Waals surface area contributed by atoms with Crippen LogP contribution in [0, 0.1) is 0 Å². The van der Waals surface area contributed by atoms with Crippen molar-refractivity contribution in [3.8, 4) is 0 Å². The fourth-order valence-corrected chi connectivity index (χ4v) is 1.26. The Balaban J connectivity index is 0. The van der Waals surface area contributed by atoms with Gasteiger partial charge in [-0.2, -0.15) is 0 Å². The first-order valence-electron chi connectivity index (χ1n) is 6.44. The second-order valence-corrected chi connectivity index (χ2v) is 4.29. The van der Waals surface area contributed by atoms with Crippen LogP contribution in [0.3, 0.4) is 0 Å². The summed E-state index contributed by atoms with van der Waals surface area (Å²) in [5, 5.41) is 16.4. The van der Waals surface area contributed by atoms with E-state index in [1.54, 1.807) is 0 Å². The molecule has 0 amide bonds. The molecule has 0 fully saturated rings. The predicted octanol–water partition coefficient (Wildman–Crippen LogP) is -0.704. The minimum Gasteiger partial charge on any atom is -0.481 e. The number of carbonyl (C=O) groups is 3. The molecule has 0 bridgehead atoms. The topological polar surface area (TPSA) is 170 Å². The third kappa shape index (κ3) is 18.8. The van der Waals surface area contributed by atoms with Gasteiger partial charge in [0.25, 0.3) is 0 Å². The van der Waals surface area contributed by atoms with Gasteiger partial charge in [0, 0.05) is 12.5 Å². The Morgan fingerprint density at radius 1 is 0.950 bits per heavy atom. The van der Waals surface area contributed by atoms with Gasteiger partial charge in [0.1, 0.15) is 12.2 Å². The lowest BCUT2D eigenvalue weighted by Gasteiger charge is -2.05. The van der Waals surface area contributed by atoms with Gasteiger partial charge in [-0.15, -0.1) is 0 Å². The first-order valence-corrected chi connectivity index (χ1v) is 6.44. The molecule has 0 unspecified atom stereocenters. The zero-order valence-corrected chi connectivity index (χ0v) is 11.6. The highest BCUT2D eigenvalue weighted by Gasteiger charge is 2.06. The summed E-state index contributed by atoms with van der Waals surface area (Å²) in [5.74, 6) is -2.16. The number of hydrogen-bond acceptors (Lipinski definition) is 6. The van der Waals surface area contributed by atoms with Gasteiger partial charge in [-0.3, -0.25) is 14.4 Å². The van der Waals surface area contributed by atoms with E-state index in [2.05, 4.69) is 0 Å². The number of nitrogens with two attached hydrogens (primary N) is 3. The van der Waals surface area contributed by atoms with Crippen molar-refractivity contribution in [3.05, 3.63) is 0 Å². The van der Waals surface area contributed by atoms with E-state index in [-0.39, 0.29) is 31.1 Å². The lowest BCUT2D eigenvalue weighted by atomic mass is 10.1. The van der Waals surface area contributed by atoms with Crippen molar-refractivity contribution >= 4 is 17.7 Å². The van der Waals surface area contributed by atoms with E-state index in [0.717, 1.165) is 6.42 Å². The number of ketones is 1. The summed E-state index contributed by atoms with van der Waals surface area (Å²) in [7, 11) is 0. The number of Topliss-reactive ketones (excluding diaryl/α,β-unsaturated/α-hetero) is 1. The fourth-order valence-electron chi connectivity index (χ4n) is 1.26. The zero-order chi connectivity index (χ0) is 16.0. The highest BCUT2D eigenvalue weighted by molar-refractivity contribution is 5.94. The summed E-state index contributed by atoms with van der Waals surface area (Å²) in [5.41, 5.74) is 15.7. The molecule has 0 radical (unpaired) electrons. The van der Waals surface area contributed by atoms with Gasteiger partial charge < -0.3 is 27.4 Å². The molecule has 8 heteroatoms. The molecule has 0 aliphatic carbocycles. The second-order valence-electron chi connectivity index (χ2n) is 4.29. The molecule has 0 aromatic heterocycles.